The van der Waals surface area contributed by atoms with Crippen molar-refractivity contribution in [1.82, 2.24) is 29.9 Å². The lowest BCUT2D eigenvalue weighted by Gasteiger charge is -2.45. The van der Waals surface area contributed by atoms with E-state index in [2.05, 4.69) is 45.4 Å². The standard InChI is InChI=1S/C19H37N7OS.HI/c1-15-13-25(14-16(2)26(15)9-10-27-5)19(20-8-7-11-28-6)21-12-18-23-22-17(3)24(18)4;/h15-16H,7-14H2,1-6H3,(H,20,21);1H. The van der Waals surface area contributed by atoms with E-state index < -0.39 is 0 Å². The summed E-state index contributed by atoms with van der Waals surface area (Å²) in [5.74, 6) is 3.93. The minimum Gasteiger partial charge on any atom is -0.383 e. The van der Waals surface area contributed by atoms with Crippen LogP contribution in [0.25, 0.3) is 0 Å². The molecule has 29 heavy (non-hydrogen) atoms. The molecule has 168 valence electrons. The molecule has 1 aromatic rings. The first-order chi connectivity index (χ1) is 13.5. The van der Waals surface area contributed by atoms with E-state index in [1.807, 2.05) is 30.3 Å². The molecule has 0 amide bonds. The van der Waals surface area contributed by atoms with Gasteiger partial charge in [-0.3, -0.25) is 4.90 Å². The number of thioether (sulfide) groups is 1. The van der Waals surface area contributed by atoms with Crippen molar-refractivity contribution in [2.24, 2.45) is 12.0 Å². The van der Waals surface area contributed by atoms with Crippen LogP contribution < -0.4 is 5.32 Å². The van der Waals surface area contributed by atoms with Crippen LogP contribution in [0.2, 0.25) is 0 Å². The Bertz CT molecular complexity index is 616. The van der Waals surface area contributed by atoms with E-state index >= 15 is 0 Å². The maximum absolute atomic E-state index is 5.28. The molecule has 1 saturated heterocycles. The van der Waals surface area contributed by atoms with E-state index in [4.69, 9.17) is 9.73 Å². The van der Waals surface area contributed by atoms with Gasteiger partial charge in [-0.05, 0) is 39.2 Å². The van der Waals surface area contributed by atoms with Gasteiger partial charge in [0.15, 0.2) is 11.8 Å². The third kappa shape index (κ3) is 7.87. The van der Waals surface area contributed by atoms with Gasteiger partial charge in [0, 0.05) is 52.4 Å². The third-order valence-electron chi connectivity index (χ3n) is 5.32. The number of nitrogens with one attached hydrogen (secondary N) is 1. The first-order valence-electron chi connectivity index (χ1n) is 10.1. The van der Waals surface area contributed by atoms with Crippen molar-refractivity contribution in [2.45, 2.75) is 45.8 Å². The average Bonchev–Trinajstić information content (AvgIpc) is 2.99. The highest BCUT2D eigenvalue weighted by Gasteiger charge is 2.30. The Labute approximate surface area is 197 Å². The second-order valence-electron chi connectivity index (χ2n) is 7.47. The first-order valence-corrected chi connectivity index (χ1v) is 11.5. The normalized spacial score (nSPS) is 20.6. The predicted molar refractivity (Wildman–Crippen MR) is 132 cm³/mol. The van der Waals surface area contributed by atoms with Crippen LogP contribution in [0, 0.1) is 6.92 Å². The maximum Gasteiger partial charge on any atom is 0.194 e. The molecule has 8 nitrogen and oxygen atoms in total. The minimum absolute atomic E-state index is 0. The monoisotopic (exact) mass is 539 g/mol. The molecule has 2 atom stereocenters. The summed E-state index contributed by atoms with van der Waals surface area (Å²) in [6.07, 6.45) is 3.27. The second kappa shape index (κ2) is 13.7. The Morgan fingerprint density at radius 2 is 1.97 bits per heavy atom. The van der Waals surface area contributed by atoms with Crippen LogP contribution in [0.1, 0.15) is 31.9 Å². The summed E-state index contributed by atoms with van der Waals surface area (Å²) in [5.41, 5.74) is 0. The molecule has 1 aliphatic rings. The topological polar surface area (TPSA) is 70.8 Å². The van der Waals surface area contributed by atoms with E-state index in [9.17, 15) is 0 Å². The van der Waals surface area contributed by atoms with Gasteiger partial charge in [-0.15, -0.1) is 34.2 Å². The number of aromatic nitrogens is 3. The highest BCUT2D eigenvalue weighted by atomic mass is 127. The van der Waals surface area contributed by atoms with Crippen LogP contribution in [0.4, 0.5) is 0 Å². The van der Waals surface area contributed by atoms with Crippen LogP contribution in [0.15, 0.2) is 4.99 Å². The van der Waals surface area contributed by atoms with Gasteiger partial charge in [-0.2, -0.15) is 11.8 Å². The lowest BCUT2D eigenvalue weighted by atomic mass is 10.1. The number of hydrogen-bond acceptors (Lipinski definition) is 6. The number of aryl methyl sites for hydroxylation is 1. The largest absolute Gasteiger partial charge is 0.383 e. The van der Waals surface area contributed by atoms with Gasteiger partial charge in [-0.25, -0.2) is 4.99 Å². The lowest BCUT2D eigenvalue weighted by Crippen LogP contribution is -2.60. The smallest absolute Gasteiger partial charge is 0.194 e. The summed E-state index contributed by atoms with van der Waals surface area (Å²) in [4.78, 5) is 9.82. The molecule has 1 aliphatic heterocycles. The highest BCUT2D eigenvalue weighted by molar-refractivity contribution is 14.0. The molecule has 0 radical (unpaired) electrons. The molecule has 0 aromatic carbocycles. The van der Waals surface area contributed by atoms with Crippen molar-refractivity contribution >= 4 is 41.7 Å². The summed E-state index contributed by atoms with van der Waals surface area (Å²) < 4.78 is 7.29. The summed E-state index contributed by atoms with van der Waals surface area (Å²) in [6, 6.07) is 0.906. The Balaban J connectivity index is 0.00000420. The van der Waals surface area contributed by atoms with Gasteiger partial charge in [0.1, 0.15) is 12.4 Å². The molecular weight excluding hydrogens is 501 g/mol. The van der Waals surface area contributed by atoms with Crippen molar-refractivity contribution in [3.8, 4) is 0 Å². The molecule has 1 aromatic heterocycles. The van der Waals surface area contributed by atoms with E-state index in [0.717, 1.165) is 62.6 Å². The van der Waals surface area contributed by atoms with Gasteiger partial charge < -0.3 is 19.5 Å². The number of nitrogens with zero attached hydrogens (tertiary/aromatic N) is 6. The van der Waals surface area contributed by atoms with Crippen LogP contribution in [0.5, 0.6) is 0 Å². The number of aliphatic imine (C=N–C) groups is 1. The fourth-order valence-corrected chi connectivity index (χ4v) is 4.02. The predicted octanol–water partition coefficient (Wildman–Crippen LogP) is 1.98. The fourth-order valence-electron chi connectivity index (χ4n) is 3.59. The van der Waals surface area contributed by atoms with Crippen molar-refractivity contribution in [1.29, 1.82) is 0 Å². The Kier molecular flexibility index (Phi) is 12.5. The Morgan fingerprint density at radius 3 is 2.52 bits per heavy atom. The van der Waals surface area contributed by atoms with Crippen LogP contribution in [-0.4, -0.2) is 94.5 Å². The molecule has 0 saturated carbocycles. The zero-order valence-corrected chi connectivity index (χ0v) is 21.9. The number of halogens is 1. The lowest BCUT2D eigenvalue weighted by molar-refractivity contribution is 0.0443. The summed E-state index contributed by atoms with van der Waals surface area (Å²) in [7, 11) is 3.76. The van der Waals surface area contributed by atoms with Gasteiger partial charge in [0.25, 0.3) is 0 Å². The number of guanidine groups is 1. The summed E-state index contributed by atoms with van der Waals surface area (Å²) in [6.45, 7) is 11.7. The molecular formula is C19H38IN7OS. The molecule has 2 heterocycles. The second-order valence-corrected chi connectivity index (χ2v) is 8.45. The molecule has 0 bridgehead atoms. The average molecular weight is 540 g/mol. The Hall–Kier alpha value is -0.590. The number of ether oxygens (including phenoxy) is 1. The first kappa shape index (κ1) is 26.4. The molecule has 2 rings (SSSR count). The van der Waals surface area contributed by atoms with Crippen molar-refractivity contribution < 1.29 is 4.74 Å². The quantitative estimate of drug-likeness (QED) is 0.223. The molecule has 0 spiro atoms. The Morgan fingerprint density at radius 1 is 1.28 bits per heavy atom. The zero-order chi connectivity index (χ0) is 20.5. The summed E-state index contributed by atoms with van der Waals surface area (Å²) >= 11 is 1.88. The molecule has 10 heteroatoms. The maximum atomic E-state index is 5.28. The van der Waals surface area contributed by atoms with Crippen molar-refractivity contribution in [2.75, 3.05) is 51.9 Å². The number of piperazine rings is 1. The van der Waals surface area contributed by atoms with Gasteiger partial charge in [0.2, 0.25) is 0 Å². The van der Waals surface area contributed by atoms with E-state index in [1.54, 1.807) is 7.11 Å². The molecule has 2 unspecified atom stereocenters. The molecule has 1 fully saturated rings. The van der Waals surface area contributed by atoms with Crippen LogP contribution in [-0.2, 0) is 18.3 Å². The van der Waals surface area contributed by atoms with Crippen LogP contribution >= 0.6 is 35.7 Å². The van der Waals surface area contributed by atoms with E-state index in [1.165, 1.54) is 0 Å². The zero-order valence-electron chi connectivity index (χ0n) is 18.7. The van der Waals surface area contributed by atoms with Crippen LogP contribution in [0.3, 0.4) is 0 Å². The van der Waals surface area contributed by atoms with Crippen molar-refractivity contribution in [3.63, 3.8) is 0 Å². The fraction of sp³-hybridized carbons (Fsp3) is 0.842. The van der Waals surface area contributed by atoms with Gasteiger partial charge in [-0.1, -0.05) is 0 Å². The number of hydrogen-bond donors (Lipinski definition) is 1. The summed E-state index contributed by atoms with van der Waals surface area (Å²) in [5, 5.41) is 12.0. The van der Waals surface area contributed by atoms with Crippen molar-refractivity contribution in [3.05, 3.63) is 11.6 Å². The molecule has 0 aliphatic carbocycles. The van der Waals surface area contributed by atoms with E-state index in [-0.39, 0.29) is 24.0 Å². The highest BCUT2D eigenvalue weighted by Crippen LogP contribution is 2.16. The SMILES string of the molecule is COCCN1C(C)CN(C(=NCc2nnc(C)n2C)NCCCSC)CC1C.I. The third-order valence-corrected chi connectivity index (χ3v) is 6.01. The minimum atomic E-state index is 0. The number of rotatable bonds is 9. The molecule has 1 N–H and O–H groups in total. The number of methoxy groups -OCH3 is 1. The van der Waals surface area contributed by atoms with E-state index in [0.29, 0.717) is 18.6 Å². The van der Waals surface area contributed by atoms with Gasteiger partial charge >= 0.3 is 0 Å². The van der Waals surface area contributed by atoms with Gasteiger partial charge in [0.05, 0.1) is 6.61 Å².